The third-order valence-electron chi connectivity index (χ3n) is 7.21. The Morgan fingerprint density at radius 2 is 1.48 bits per heavy atom. The molecular weight excluding hydrogens is 779 g/mol. The van der Waals surface area contributed by atoms with Crippen LogP contribution in [0.25, 0.3) is 0 Å². The summed E-state index contributed by atoms with van der Waals surface area (Å²) in [4.78, 5) is 55.9. The molecule has 0 bridgehead atoms. The second-order valence-electron chi connectivity index (χ2n) is 12.0. The van der Waals surface area contributed by atoms with Gasteiger partial charge in [0, 0.05) is 20.4 Å². The van der Waals surface area contributed by atoms with Gasteiger partial charge in [-0.1, -0.05) is 83.9 Å². The summed E-state index contributed by atoms with van der Waals surface area (Å²) in [5.41, 5.74) is 1.12. The van der Waals surface area contributed by atoms with Gasteiger partial charge in [-0.15, -0.1) is 58.6 Å². The number of carbonyl (C=O) groups excluding carboxylic acids is 4. The molecule has 1 saturated heterocycles. The van der Waals surface area contributed by atoms with E-state index in [0.29, 0.717) is 30.5 Å². The zero-order valence-corrected chi connectivity index (χ0v) is 32.7. The number of alkyl halides is 1. The number of hydrogen-bond donors (Lipinski definition) is 1. The summed E-state index contributed by atoms with van der Waals surface area (Å²) in [6, 6.07) is 21.2. The minimum Gasteiger partial charge on any atom is -0.459 e. The second-order valence-corrected chi connectivity index (χ2v) is 17.6. The van der Waals surface area contributed by atoms with Crippen LogP contribution >= 0.6 is 81.9 Å². The van der Waals surface area contributed by atoms with Crippen molar-refractivity contribution in [2.75, 3.05) is 22.5 Å². The van der Waals surface area contributed by atoms with Crippen LogP contribution in [0.15, 0.2) is 93.2 Å². The number of β-lactam (4-membered cyclic amide) rings is 1. The minimum absolute atomic E-state index is 0.0322. The number of thioether (sulfide) groups is 4. The fraction of sp³-hybridized carbons (Fsp3) is 0.314. The first-order valence-electron chi connectivity index (χ1n) is 15.3. The molecule has 0 aliphatic carbocycles. The standard InChI is InChI=1S/C35H33Cl3N2O6S4/c1-35(2,3)46-28(42)18-48-25-15-22(37)24(14-23(25)38)47-17-27(41)39-29-32(43)40-30(26(50-19-36)16-49-33(29)40)34(44)45-31(20-10-6-4-7-11-20)21-12-8-5-9-13-21/h4-15,29,31,33H,16-19H2,1-3H3,(H,39,41)/t29-,33-/m1/s1. The van der Waals surface area contributed by atoms with Crippen molar-refractivity contribution in [1.29, 1.82) is 0 Å². The normalized spacial score (nSPS) is 17.3. The topological polar surface area (TPSA) is 102 Å². The van der Waals surface area contributed by atoms with Crippen molar-refractivity contribution in [2.45, 2.75) is 53.7 Å². The highest BCUT2D eigenvalue weighted by Crippen LogP contribution is 2.45. The number of esters is 2. The molecule has 3 aromatic carbocycles. The van der Waals surface area contributed by atoms with Gasteiger partial charge in [-0.2, -0.15) is 0 Å². The first-order chi connectivity index (χ1) is 23.9. The SMILES string of the molecule is CC(C)(C)OC(=O)CSc1cc(Cl)c(SCC(=O)N[C@@H]2C(=O)N3C(C(=O)OC(c4ccccc4)c4ccccc4)=C(SCCl)CS[C@H]23)cc1Cl. The van der Waals surface area contributed by atoms with Gasteiger partial charge in [0.1, 0.15) is 22.7 Å². The molecule has 0 radical (unpaired) electrons. The molecular formula is C35H33Cl3N2O6S4. The number of ether oxygens (including phenoxy) is 2. The van der Waals surface area contributed by atoms with E-state index in [9.17, 15) is 19.2 Å². The van der Waals surface area contributed by atoms with Crippen molar-refractivity contribution in [2.24, 2.45) is 0 Å². The third kappa shape index (κ3) is 9.70. The molecule has 2 atom stereocenters. The zero-order valence-electron chi connectivity index (χ0n) is 27.2. The molecule has 15 heteroatoms. The summed E-state index contributed by atoms with van der Waals surface area (Å²) < 4.78 is 11.5. The van der Waals surface area contributed by atoms with Crippen molar-refractivity contribution in [1.82, 2.24) is 10.2 Å². The van der Waals surface area contributed by atoms with E-state index in [-0.39, 0.29) is 34.3 Å². The van der Waals surface area contributed by atoms with E-state index in [1.54, 1.807) is 32.9 Å². The Morgan fingerprint density at radius 3 is 2.02 bits per heavy atom. The van der Waals surface area contributed by atoms with Gasteiger partial charge in [-0.3, -0.25) is 19.3 Å². The number of nitrogens with one attached hydrogen (secondary N) is 1. The lowest BCUT2D eigenvalue weighted by molar-refractivity contribution is -0.154. The number of halogens is 3. The first kappa shape index (κ1) is 38.8. The number of benzene rings is 3. The Balaban J connectivity index is 1.22. The first-order valence-corrected chi connectivity index (χ1v) is 20.6. The van der Waals surface area contributed by atoms with E-state index in [4.69, 9.17) is 44.3 Å². The van der Waals surface area contributed by atoms with Crippen LogP contribution < -0.4 is 5.32 Å². The molecule has 1 fully saturated rings. The fourth-order valence-electron chi connectivity index (χ4n) is 5.10. The number of fused-ring (bicyclic) bond motifs is 1. The lowest BCUT2D eigenvalue weighted by atomic mass is 10.0. The number of hydrogen-bond acceptors (Lipinski definition) is 10. The van der Waals surface area contributed by atoms with Gasteiger partial charge in [0.05, 0.1) is 26.8 Å². The van der Waals surface area contributed by atoms with E-state index in [1.807, 2.05) is 60.7 Å². The number of nitrogens with zero attached hydrogens (tertiary/aromatic N) is 1. The van der Waals surface area contributed by atoms with E-state index < -0.39 is 35.0 Å². The largest absolute Gasteiger partial charge is 0.459 e. The van der Waals surface area contributed by atoms with E-state index >= 15 is 0 Å². The quantitative estimate of drug-likeness (QED) is 0.0784. The number of amides is 2. The van der Waals surface area contributed by atoms with Crippen LogP contribution in [0.3, 0.4) is 0 Å². The summed E-state index contributed by atoms with van der Waals surface area (Å²) in [6.45, 7) is 5.39. The van der Waals surface area contributed by atoms with Gasteiger partial charge < -0.3 is 14.8 Å². The van der Waals surface area contributed by atoms with Crippen molar-refractivity contribution in [3.63, 3.8) is 0 Å². The molecule has 264 valence electrons. The maximum atomic E-state index is 13.9. The van der Waals surface area contributed by atoms with E-state index in [2.05, 4.69) is 5.32 Å². The van der Waals surface area contributed by atoms with Crippen LogP contribution in [0.4, 0.5) is 0 Å². The summed E-state index contributed by atoms with van der Waals surface area (Å²) >= 11 is 24.1. The highest BCUT2D eigenvalue weighted by atomic mass is 35.5. The number of rotatable bonds is 13. The van der Waals surface area contributed by atoms with Crippen LogP contribution in [0.1, 0.15) is 38.0 Å². The van der Waals surface area contributed by atoms with Crippen LogP contribution in [-0.2, 0) is 28.7 Å². The van der Waals surface area contributed by atoms with Crippen LogP contribution in [0.5, 0.6) is 0 Å². The average Bonchev–Trinajstić information content (AvgIpc) is 3.09. The molecule has 0 spiro atoms. The number of carbonyl (C=O) groups is 4. The minimum atomic E-state index is -0.830. The monoisotopic (exact) mass is 810 g/mol. The molecule has 3 aromatic rings. The van der Waals surface area contributed by atoms with Gasteiger partial charge in [-0.05, 0) is 44.0 Å². The lowest BCUT2D eigenvalue weighted by Gasteiger charge is -2.49. The van der Waals surface area contributed by atoms with E-state index in [0.717, 1.165) is 11.1 Å². The average molecular weight is 812 g/mol. The molecule has 0 saturated carbocycles. The molecule has 0 unspecified atom stereocenters. The summed E-state index contributed by atoms with van der Waals surface area (Å²) in [5.74, 6) is -1.36. The fourth-order valence-corrected chi connectivity index (χ4v) is 9.96. The van der Waals surface area contributed by atoms with Gasteiger partial charge in [0.15, 0.2) is 6.10 Å². The Bertz CT molecular complexity index is 1740. The zero-order chi connectivity index (χ0) is 36.0. The van der Waals surface area contributed by atoms with Gasteiger partial charge in [0.2, 0.25) is 5.91 Å². The molecule has 2 heterocycles. The van der Waals surface area contributed by atoms with Gasteiger partial charge in [0.25, 0.3) is 5.91 Å². The molecule has 2 aliphatic rings. The van der Waals surface area contributed by atoms with Crippen molar-refractivity contribution < 1.29 is 28.7 Å². The maximum Gasteiger partial charge on any atom is 0.356 e. The highest BCUT2D eigenvalue weighted by Gasteiger charge is 2.54. The van der Waals surface area contributed by atoms with Gasteiger partial charge >= 0.3 is 11.9 Å². The Morgan fingerprint density at radius 1 is 0.920 bits per heavy atom. The lowest BCUT2D eigenvalue weighted by Crippen LogP contribution is -2.70. The van der Waals surface area contributed by atoms with Gasteiger partial charge in [-0.25, -0.2) is 4.79 Å². The van der Waals surface area contributed by atoms with E-state index in [1.165, 1.54) is 51.9 Å². The molecule has 5 rings (SSSR count). The highest BCUT2D eigenvalue weighted by molar-refractivity contribution is 8.07. The molecule has 2 amide bonds. The predicted octanol–water partition coefficient (Wildman–Crippen LogP) is 8.39. The predicted molar refractivity (Wildman–Crippen MR) is 205 cm³/mol. The Kier molecular flexibility index (Phi) is 13.5. The summed E-state index contributed by atoms with van der Waals surface area (Å²) in [5, 5.41) is 3.26. The molecule has 0 aromatic heterocycles. The molecule has 1 N–H and O–H groups in total. The Hall–Kier alpha value is -2.45. The Labute approximate surface area is 323 Å². The molecule has 2 aliphatic heterocycles. The molecule has 50 heavy (non-hydrogen) atoms. The van der Waals surface area contributed by atoms with Crippen LogP contribution in [0, 0.1) is 0 Å². The maximum absolute atomic E-state index is 13.9. The van der Waals surface area contributed by atoms with Crippen molar-refractivity contribution in [3.05, 3.63) is 105 Å². The summed E-state index contributed by atoms with van der Waals surface area (Å²) in [6.07, 6.45) is -0.699. The van der Waals surface area contributed by atoms with Crippen LogP contribution in [0.2, 0.25) is 10.0 Å². The van der Waals surface area contributed by atoms with Crippen LogP contribution in [-0.4, -0.2) is 68.1 Å². The third-order valence-corrected chi connectivity index (χ3v) is 12.7. The van der Waals surface area contributed by atoms with Crippen molar-refractivity contribution in [3.8, 4) is 0 Å². The molecule has 8 nitrogen and oxygen atoms in total. The smallest absolute Gasteiger partial charge is 0.356 e. The second kappa shape index (κ2) is 17.4. The van der Waals surface area contributed by atoms with Crippen molar-refractivity contribution >= 4 is 106 Å². The summed E-state index contributed by atoms with van der Waals surface area (Å²) in [7, 11) is 0.